The van der Waals surface area contributed by atoms with Crippen LogP contribution >= 0.6 is 11.3 Å². The van der Waals surface area contributed by atoms with E-state index in [-0.39, 0.29) is 6.42 Å². The predicted octanol–water partition coefficient (Wildman–Crippen LogP) is 2.55. The smallest absolute Gasteiger partial charge is 0.309 e. The molecule has 8 heteroatoms. The highest BCUT2D eigenvalue weighted by Gasteiger charge is 2.19. The Hall–Kier alpha value is -2.74. The third kappa shape index (κ3) is 3.21. The summed E-state index contributed by atoms with van der Waals surface area (Å²) >= 11 is 1.47. The molecule has 0 atom stereocenters. The molecule has 0 aliphatic rings. The molecule has 0 radical (unpaired) electrons. The quantitative estimate of drug-likeness (QED) is 0.768. The first kappa shape index (κ1) is 15.2. The van der Waals surface area contributed by atoms with Crippen LogP contribution < -0.4 is 4.90 Å². The number of carboxylic acid groups (broad SMARTS) is 1. The summed E-state index contributed by atoms with van der Waals surface area (Å²) in [6.45, 7) is 0. The van der Waals surface area contributed by atoms with Crippen molar-refractivity contribution >= 4 is 23.3 Å². The van der Waals surface area contributed by atoms with E-state index in [0.29, 0.717) is 28.9 Å². The lowest BCUT2D eigenvalue weighted by Gasteiger charge is -2.08. The van der Waals surface area contributed by atoms with E-state index in [9.17, 15) is 4.79 Å². The number of aliphatic carboxylic acids is 1. The molecule has 0 saturated heterocycles. The monoisotopic (exact) mass is 330 g/mol. The first-order valence-corrected chi connectivity index (χ1v) is 7.67. The Morgan fingerprint density at radius 3 is 2.65 bits per heavy atom. The van der Waals surface area contributed by atoms with E-state index in [2.05, 4.69) is 15.0 Å². The maximum Gasteiger partial charge on any atom is 0.309 e. The van der Waals surface area contributed by atoms with Crippen molar-refractivity contribution in [1.29, 1.82) is 0 Å². The summed E-state index contributed by atoms with van der Waals surface area (Å²) in [6.07, 6.45) is 3.02. The zero-order valence-corrected chi connectivity index (χ0v) is 13.4. The fourth-order valence-corrected chi connectivity index (χ4v) is 2.73. The lowest BCUT2D eigenvalue weighted by atomic mass is 10.2. The highest BCUT2D eigenvalue weighted by atomic mass is 32.1. The molecule has 0 fully saturated rings. The number of hydrogen-bond donors (Lipinski definition) is 1. The van der Waals surface area contributed by atoms with E-state index < -0.39 is 5.97 Å². The zero-order chi connectivity index (χ0) is 16.4. The lowest BCUT2D eigenvalue weighted by Crippen LogP contribution is -2.12. The minimum absolute atomic E-state index is 0.201. The number of nitrogens with zero attached hydrogens (tertiary/aromatic N) is 4. The van der Waals surface area contributed by atoms with Crippen LogP contribution in [0.5, 0.6) is 0 Å². The number of thiophene rings is 1. The van der Waals surface area contributed by atoms with Gasteiger partial charge in [-0.3, -0.25) is 4.79 Å². The van der Waals surface area contributed by atoms with E-state index in [1.807, 2.05) is 31.6 Å². The molecule has 3 aromatic heterocycles. The van der Waals surface area contributed by atoms with Crippen molar-refractivity contribution < 1.29 is 14.3 Å². The molecule has 0 bridgehead atoms. The Morgan fingerprint density at radius 2 is 2.09 bits per heavy atom. The fourth-order valence-electron chi connectivity index (χ4n) is 2.00. The molecule has 3 rings (SSSR count). The molecule has 0 amide bonds. The highest BCUT2D eigenvalue weighted by molar-refractivity contribution is 7.13. The second-order valence-electron chi connectivity index (χ2n) is 5.01. The van der Waals surface area contributed by atoms with Crippen molar-refractivity contribution in [1.82, 2.24) is 15.0 Å². The number of carbonyl (C=O) groups is 1. The summed E-state index contributed by atoms with van der Waals surface area (Å²) in [5.74, 6) is 0.412. The number of carboxylic acids is 1. The SMILES string of the molecule is CN(C)c1ncc(-c2nc(CC(=O)O)c(-c3cccs3)o2)cn1. The van der Waals surface area contributed by atoms with Crippen LogP contribution in [0, 0.1) is 0 Å². The average molecular weight is 330 g/mol. The summed E-state index contributed by atoms with van der Waals surface area (Å²) in [4.78, 5) is 26.4. The van der Waals surface area contributed by atoms with Crippen LogP contribution in [-0.4, -0.2) is 40.1 Å². The molecule has 3 aromatic rings. The van der Waals surface area contributed by atoms with Crippen molar-refractivity contribution in [3.8, 4) is 22.1 Å². The molecule has 0 aliphatic carbocycles. The fraction of sp³-hybridized carbons (Fsp3) is 0.200. The van der Waals surface area contributed by atoms with Crippen LogP contribution in [0.2, 0.25) is 0 Å². The molecular weight excluding hydrogens is 316 g/mol. The van der Waals surface area contributed by atoms with Crippen LogP contribution in [0.4, 0.5) is 5.95 Å². The molecule has 1 N–H and O–H groups in total. The van der Waals surface area contributed by atoms with Gasteiger partial charge in [0.2, 0.25) is 11.8 Å². The zero-order valence-electron chi connectivity index (χ0n) is 12.6. The lowest BCUT2D eigenvalue weighted by molar-refractivity contribution is -0.136. The van der Waals surface area contributed by atoms with E-state index in [1.54, 1.807) is 17.3 Å². The minimum atomic E-state index is -0.957. The number of anilines is 1. The van der Waals surface area contributed by atoms with Crippen molar-refractivity contribution in [2.45, 2.75) is 6.42 Å². The van der Waals surface area contributed by atoms with Gasteiger partial charge in [-0.1, -0.05) is 6.07 Å². The first-order valence-electron chi connectivity index (χ1n) is 6.79. The normalized spacial score (nSPS) is 10.7. The Bertz CT molecular complexity index is 810. The van der Waals surface area contributed by atoms with Crippen LogP contribution in [0.3, 0.4) is 0 Å². The predicted molar refractivity (Wildman–Crippen MR) is 86.5 cm³/mol. The van der Waals surface area contributed by atoms with Gasteiger partial charge in [-0.05, 0) is 11.4 Å². The van der Waals surface area contributed by atoms with Crippen LogP contribution in [-0.2, 0) is 11.2 Å². The van der Waals surface area contributed by atoms with Gasteiger partial charge >= 0.3 is 5.97 Å². The second-order valence-corrected chi connectivity index (χ2v) is 5.96. The summed E-state index contributed by atoms with van der Waals surface area (Å²) in [5.41, 5.74) is 0.997. The number of aromatic nitrogens is 3. The number of oxazole rings is 1. The molecule has 0 aliphatic heterocycles. The van der Waals surface area contributed by atoms with Gasteiger partial charge in [-0.25, -0.2) is 15.0 Å². The Labute approximate surface area is 136 Å². The van der Waals surface area contributed by atoms with Gasteiger partial charge in [0.25, 0.3) is 0 Å². The Morgan fingerprint density at radius 1 is 1.35 bits per heavy atom. The molecule has 7 nitrogen and oxygen atoms in total. The van der Waals surface area contributed by atoms with Crippen LogP contribution in [0.1, 0.15) is 5.69 Å². The number of hydrogen-bond acceptors (Lipinski definition) is 7. The Kier molecular flexibility index (Phi) is 4.07. The molecule has 0 spiro atoms. The standard InChI is InChI=1S/C15H14N4O3S/c1-19(2)15-16-7-9(8-17-15)14-18-10(6-12(20)21)13(22-14)11-4-3-5-23-11/h3-5,7-8H,6H2,1-2H3,(H,20,21). The first-order chi connectivity index (χ1) is 11.0. The topological polar surface area (TPSA) is 92.4 Å². The largest absolute Gasteiger partial charge is 0.481 e. The maximum absolute atomic E-state index is 11.0. The highest BCUT2D eigenvalue weighted by Crippen LogP contribution is 2.32. The maximum atomic E-state index is 11.0. The number of rotatable bonds is 5. The van der Waals surface area contributed by atoms with Gasteiger partial charge in [-0.15, -0.1) is 11.3 Å². The van der Waals surface area contributed by atoms with Crippen molar-refractivity contribution in [3.63, 3.8) is 0 Å². The van der Waals surface area contributed by atoms with Gasteiger partial charge in [-0.2, -0.15) is 0 Å². The molecule has 23 heavy (non-hydrogen) atoms. The third-order valence-corrected chi connectivity index (χ3v) is 3.91. The molecule has 0 aromatic carbocycles. The molecule has 118 valence electrons. The average Bonchev–Trinajstić information content (AvgIpc) is 3.16. The molecule has 3 heterocycles. The van der Waals surface area contributed by atoms with Gasteiger partial charge < -0.3 is 14.4 Å². The van der Waals surface area contributed by atoms with Gasteiger partial charge in [0.15, 0.2) is 5.76 Å². The Balaban J connectivity index is 2.01. The third-order valence-electron chi connectivity index (χ3n) is 3.05. The van der Waals surface area contributed by atoms with Gasteiger partial charge in [0, 0.05) is 26.5 Å². The van der Waals surface area contributed by atoms with Gasteiger partial charge in [0.1, 0.15) is 0 Å². The molecule has 0 unspecified atom stereocenters. The summed E-state index contributed by atoms with van der Waals surface area (Å²) in [6, 6.07) is 3.74. The summed E-state index contributed by atoms with van der Waals surface area (Å²) in [7, 11) is 3.69. The van der Waals surface area contributed by atoms with Crippen LogP contribution in [0.15, 0.2) is 34.3 Å². The van der Waals surface area contributed by atoms with Crippen LogP contribution in [0.25, 0.3) is 22.1 Å². The van der Waals surface area contributed by atoms with Gasteiger partial charge in [0.05, 0.1) is 22.6 Å². The molecule has 0 saturated carbocycles. The van der Waals surface area contributed by atoms with E-state index in [0.717, 1.165) is 4.88 Å². The minimum Gasteiger partial charge on any atom is -0.481 e. The summed E-state index contributed by atoms with van der Waals surface area (Å²) in [5, 5.41) is 11.0. The van der Waals surface area contributed by atoms with Crippen molar-refractivity contribution in [2.24, 2.45) is 0 Å². The van der Waals surface area contributed by atoms with E-state index in [4.69, 9.17) is 9.52 Å². The van der Waals surface area contributed by atoms with E-state index >= 15 is 0 Å². The van der Waals surface area contributed by atoms with E-state index in [1.165, 1.54) is 11.3 Å². The van der Waals surface area contributed by atoms with Crippen molar-refractivity contribution in [3.05, 3.63) is 35.6 Å². The summed E-state index contributed by atoms with van der Waals surface area (Å²) < 4.78 is 5.79. The second kappa shape index (κ2) is 6.17. The van der Waals surface area contributed by atoms with Crippen molar-refractivity contribution in [2.75, 3.05) is 19.0 Å². The molecular formula is C15H14N4O3S.